The van der Waals surface area contributed by atoms with Gasteiger partial charge >= 0.3 is 6.03 Å². The minimum atomic E-state index is 0.0180. The van der Waals surface area contributed by atoms with Gasteiger partial charge in [-0.25, -0.2) is 4.79 Å². The van der Waals surface area contributed by atoms with Crippen molar-refractivity contribution in [2.75, 3.05) is 33.7 Å². The first-order chi connectivity index (χ1) is 11.5. The molecule has 5 nitrogen and oxygen atoms in total. The maximum atomic E-state index is 12.4. The summed E-state index contributed by atoms with van der Waals surface area (Å²) in [5, 5.41) is 3.12. The molecule has 24 heavy (non-hydrogen) atoms. The van der Waals surface area contributed by atoms with Crippen molar-refractivity contribution in [2.45, 2.75) is 32.1 Å². The van der Waals surface area contributed by atoms with Crippen LogP contribution in [0.4, 0.5) is 4.79 Å². The monoisotopic (exact) mass is 331 g/mol. The number of hydrogen-bond acceptors (Lipinski definition) is 2. The lowest BCUT2D eigenvalue weighted by molar-refractivity contribution is -0.126. The lowest BCUT2D eigenvalue weighted by Gasteiger charge is -2.33. The fourth-order valence-corrected chi connectivity index (χ4v) is 3.21. The predicted molar refractivity (Wildman–Crippen MR) is 95.9 cm³/mol. The van der Waals surface area contributed by atoms with E-state index in [2.05, 4.69) is 24.4 Å². The Hall–Kier alpha value is -2.04. The largest absolute Gasteiger partial charge is 0.355 e. The van der Waals surface area contributed by atoms with Crippen LogP contribution in [0.5, 0.6) is 0 Å². The number of rotatable bonds is 5. The first-order valence-corrected chi connectivity index (χ1v) is 8.81. The van der Waals surface area contributed by atoms with E-state index in [0.717, 1.165) is 19.3 Å². The standard InChI is InChI=1S/C19H29N3O2/c1-4-15(16-8-6-5-7-9-16)14-20-18(23)17-10-12-22(13-11-17)19(24)21(2)3/h5-9,15,17H,4,10-14H2,1-3H3,(H,20,23)/t15-/m0/s1. The van der Waals surface area contributed by atoms with Crippen molar-refractivity contribution in [1.29, 1.82) is 0 Å². The van der Waals surface area contributed by atoms with Crippen LogP contribution in [0.15, 0.2) is 30.3 Å². The molecule has 0 radical (unpaired) electrons. The van der Waals surface area contributed by atoms with E-state index in [1.807, 2.05) is 23.1 Å². The van der Waals surface area contributed by atoms with E-state index in [4.69, 9.17) is 0 Å². The number of urea groups is 1. The van der Waals surface area contributed by atoms with Crippen LogP contribution in [0, 0.1) is 5.92 Å². The third kappa shape index (κ3) is 4.73. The molecule has 0 bridgehead atoms. The van der Waals surface area contributed by atoms with E-state index >= 15 is 0 Å². The number of carbonyl (C=O) groups is 2. The summed E-state index contributed by atoms with van der Waals surface area (Å²) >= 11 is 0. The molecule has 132 valence electrons. The molecule has 1 N–H and O–H groups in total. The molecule has 0 aromatic heterocycles. The lowest BCUT2D eigenvalue weighted by atomic mass is 9.94. The fraction of sp³-hybridized carbons (Fsp3) is 0.579. The summed E-state index contributed by atoms with van der Waals surface area (Å²) in [6, 6.07) is 10.4. The van der Waals surface area contributed by atoms with Crippen LogP contribution >= 0.6 is 0 Å². The van der Waals surface area contributed by atoms with Crippen molar-refractivity contribution < 1.29 is 9.59 Å². The Balaban J connectivity index is 1.80. The third-order valence-electron chi connectivity index (χ3n) is 4.81. The Morgan fingerprint density at radius 3 is 2.38 bits per heavy atom. The van der Waals surface area contributed by atoms with Crippen LogP contribution < -0.4 is 5.32 Å². The topological polar surface area (TPSA) is 52.7 Å². The van der Waals surface area contributed by atoms with Crippen LogP contribution in [0.2, 0.25) is 0 Å². The molecule has 1 aliphatic rings. The average Bonchev–Trinajstić information content (AvgIpc) is 2.62. The summed E-state index contributed by atoms with van der Waals surface area (Å²) in [5.74, 6) is 0.497. The SMILES string of the molecule is CC[C@@H](CNC(=O)C1CCN(C(=O)N(C)C)CC1)c1ccccc1. The van der Waals surface area contributed by atoms with Crippen molar-refractivity contribution in [3.63, 3.8) is 0 Å². The van der Waals surface area contributed by atoms with Gasteiger partial charge in [0.1, 0.15) is 0 Å². The van der Waals surface area contributed by atoms with E-state index in [0.29, 0.717) is 25.6 Å². The Kier molecular flexibility index (Phi) is 6.64. The number of carbonyl (C=O) groups excluding carboxylic acids is 2. The molecule has 1 atom stereocenters. The summed E-state index contributed by atoms with van der Waals surface area (Å²) in [7, 11) is 3.52. The van der Waals surface area contributed by atoms with Gasteiger partial charge in [0.15, 0.2) is 0 Å². The van der Waals surface area contributed by atoms with Crippen molar-refractivity contribution in [3.05, 3.63) is 35.9 Å². The van der Waals surface area contributed by atoms with Gasteiger partial charge in [0.2, 0.25) is 5.91 Å². The first-order valence-electron chi connectivity index (χ1n) is 8.81. The van der Waals surface area contributed by atoms with Crippen molar-refractivity contribution in [3.8, 4) is 0 Å². The van der Waals surface area contributed by atoms with Gasteiger partial charge in [-0.3, -0.25) is 4.79 Å². The Morgan fingerprint density at radius 2 is 1.83 bits per heavy atom. The van der Waals surface area contributed by atoms with Gasteiger partial charge in [-0.05, 0) is 24.8 Å². The summed E-state index contributed by atoms with van der Waals surface area (Å²) in [5.41, 5.74) is 1.27. The average molecular weight is 331 g/mol. The Labute approximate surface area is 145 Å². The number of benzene rings is 1. The maximum Gasteiger partial charge on any atom is 0.319 e. The highest BCUT2D eigenvalue weighted by Crippen LogP contribution is 2.20. The molecule has 2 rings (SSSR count). The van der Waals surface area contributed by atoms with Crippen LogP contribution in [0.1, 0.15) is 37.7 Å². The first kappa shape index (κ1) is 18.3. The zero-order valence-corrected chi connectivity index (χ0v) is 15.0. The summed E-state index contributed by atoms with van der Waals surface area (Å²) < 4.78 is 0. The smallest absolute Gasteiger partial charge is 0.319 e. The van der Waals surface area contributed by atoms with E-state index in [-0.39, 0.29) is 17.9 Å². The fourth-order valence-electron chi connectivity index (χ4n) is 3.21. The second-order valence-corrected chi connectivity index (χ2v) is 6.70. The predicted octanol–water partition coefficient (Wildman–Crippen LogP) is 2.69. The highest BCUT2D eigenvalue weighted by atomic mass is 16.2. The van der Waals surface area contributed by atoms with E-state index in [1.165, 1.54) is 5.56 Å². The van der Waals surface area contributed by atoms with Gasteiger partial charge < -0.3 is 15.1 Å². The molecule has 1 heterocycles. The minimum Gasteiger partial charge on any atom is -0.355 e. The van der Waals surface area contributed by atoms with Crippen LogP contribution in [0.25, 0.3) is 0 Å². The normalized spacial score (nSPS) is 16.5. The second-order valence-electron chi connectivity index (χ2n) is 6.70. The van der Waals surface area contributed by atoms with Gasteiger partial charge in [-0.2, -0.15) is 0 Å². The molecule has 1 saturated heterocycles. The van der Waals surface area contributed by atoms with E-state index in [9.17, 15) is 9.59 Å². The minimum absolute atomic E-state index is 0.0180. The Morgan fingerprint density at radius 1 is 1.21 bits per heavy atom. The Bertz CT molecular complexity index is 537. The highest BCUT2D eigenvalue weighted by Gasteiger charge is 2.28. The summed E-state index contributed by atoms with van der Waals surface area (Å²) in [6.07, 6.45) is 2.49. The third-order valence-corrected chi connectivity index (χ3v) is 4.81. The van der Waals surface area contributed by atoms with Gasteiger partial charge in [-0.15, -0.1) is 0 Å². The number of nitrogens with one attached hydrogen (secondary N) is 1. The molecule has 0 aliphatic carbocycles. The molecule has 0 spiro atoms. The van der Waals surface area contributed by atoms with Gasteiger partial charge in [0.05, 0.1) is 0 Å². The quantitative estimate of drug-likeness (QED) is 0.902. The molecule has 0 unspecified atom stereocenters. The van der Waals surface area contributed by atoms with Gasteiger partial charge in [0.25, 0.3) is 0 Å². The van der Waals surface area contributed by atoms with Crippen molar-refractivity contribution >= 4 is 11.9 Å². The number of nitrogens with zero attached hydrogens (tertiary/aromatic N) is 2. The van der Waals surface area contributed by atoms with Crippen molar-refractivity contribution in [1.82, 2.24) is 15.1 Å². The molecular formula is C19H29N3O2. The highest BCUT2D eigenvalue weighted by molar-refractivity contribution is 5.79. The maximum absolute atomic E-state index is 12.4. The number of hydrogen-bond donors (Lipinski definition) is 1. The number of likely N-dealkylation sites (tertiary alicyclic amines) is 1. The molecule has 0 saturated carbocycles. The zero-order chi connectivity index (χ0) is 17.5. The molecule has 1 aromatic carbocycles. The zero-order valence-electron chi connectivity index (χ0n) is 15.0. The van der Waals surface area contributed by atoms with Gasteiger partial charge in [0, 0.05) is 45.6 Å². The van der Waals surface area contributed by atoms with Gasteiger partial charge in [-0.1, -0.05) is 37.3 Å². The summed E-state index contributed by atoms with van der Waals surface area (Å²) in [4.78, 5) is 27.8. The van der Waals surface area contributed by atoms with Crippen LogP contribution in [-0.2, 0) is 4.79 Å². The second kappa shape index (κ2) is 8.71. The molecular weight excluding hydrogens is 302 g/mol. The lowest BCUT2D eigenvalue weighted by Crippen LogP contribution is -2.46. The van der Waals surface area contributed by atoms with Crippen molar-refractivity contribution in [2.24, 2.45) is 5.92 Å². The molecule has 5 heteroatoms. The number of piperidine rings is 1. The number of amides is 3. The van der Waals surface area contributed by atoms with Crippen LogP contribution in [0.3, 0.4) is 0 Å². The van der Waals surface area contributed by atoms with E-state index < -0.39 is 0 Å². The summed E-state index contributed by atoms with van der Waals surface area (Å²) in [6.45, 7) is 4.14. The molecule has 1 fully saturated rings. The van der Waals surface area contributed by atoms with E-state index in [1.54, 1.807) is 19.0 Å². The molecule has 1 aromatic rings. The molecule has 1 aliphatic heterocycles. The molecule has 3 amide bonds. The van der Waals surface area contributed by atoms with Crippen LogP contribution in [-0.4, -0.2) is 55.5 Å².